The molecule has 0 saturated carbocycles. The van der Waals surface area contributed by atoms with Crippen LogP contribution in [0.5, 0.6) is 0 Å². The number of nitrogens with one attached hydrogen (secondary N) is 3. The van der Waals surface area contributed by atoms with Crippen LogP contribution < -0.4 is 26.6 Å². The average molecular weight is 452 g/mol. The maximum Gasteiger partial charge on any atom is 0.393 e. The molecule has 174 valence electrons. The lowest BCUT2D eigenvalue weighted by molar-refractivity contribution is -0.166. The van der Waals surface area contributed by atoms with E-state index in [-0.39, 0.29) is 30.4 Å². The predicted octanol–water partition coefficient (Wildman–Crippen LogP) is 2.43. The molecule has 2 aromatic rings. The van der Waals surface area contributed by atoms with Crippen molar-refractivity contribution in [1.29, 1.82) is 0 Å². The van der Waals surface area contributed by atoms with Crippen molar-refractivity contribution in [3.05, 3.63) is 29.3 Å². The zero-order valence-electron chi connectivity index (χ0n) is 18.1. The Morgan fingerprint density at radius 1 is 1.31 bits per heavy atom. The minimum absolute atomic E-state index is 0.0933. The number of carbonyl (C=O) groups excluding carboxylic acids is 1. The van der Waals surface area contributed by atoms with Crippen LogP contribution in [0.1, 0.15) is 29.3 Å². The summed E-state index contributed by atoms with van der Waals surface area (Å²) in [6, 6.07) is 5.00. The lowest BCUT2D eigenvalue weighted by Gasteiger charge is -2.24. The van der Waals surface area contributed by atoms with Crippen LogP contribution >= 0.6 is 0 Å². The molecular formula is C20H27F3N8O. The third kappa shape index (κ3) is 5.96. The highest BCUT2D eigenvalue weighted by molar-refractivity contribution is 5.94. The van der Waals surface area contributed by atoms with Crippen LogP contribution in [0.2, 0.25) is 0 Å². The van der Waals surface area contributed by atoms with Gasteiger partial charge in [-0.15, -0.1) is 0 Å². The van der Waals surface area contributed by atoms with Crippen molar-refractivity contribution in [2.24, 2.45) is 11.7 Å². The molecule has 3 rings (SSSR count). The number of alkyl halides is 3. The summed E-state index contributed by atoms with van der Waals surface area (Å²) in [5, 5.41) is 9.46. The minimum atomic E-state index is -4.33. The molecule has 1 aromatic heterocycles. The SMILES string of the molecule is Cc1ccc(C(N)=O)cc1Nc1nc(N[C@@H]2CCNC2)nc(N(C)CC(C)C(F)(F)F)n1. The average Bonchev–Trinajstić information content (AvgIpc) is 3.21. The van der Waals surface area contributed by atoms with E-state index in [9.17, 15) is 18.0 Å². The van der Waals surface area contributed by atoms with Crippen LogP contribution in [-0.4, -0.2) is 59.8 Å². The predicted molar refractivity (Wildman–Crippen MR) is 116 cm³/mol. The standard InChI is InChI=1S/C20H27F3N8O/c1-11-4-5-13(16(24)32)8-15(11)27-18-28-17(26-14-6-7-25-9-14)29-19(30-18)31(3)10-12(2)20(21,22)23/h4-5,8,12,14,25H,6-7,9-10H2,1-3H3,(H2,24,32)(H2,26,27,28,29,30)/t12?,14-/m1/s1. The van der Waals surface area contributed by atoms with Crippen molar-refractivity contribution < 1.29 is 18.0 Å². The Morgan fingerprint density at radius 2 is 2.03 bits per heavy atom. The second-order valence-corrected chi connectivity index (χ2v) is 7.96. The third-order valence-corrected chi connectivity index (χ3v) is 5.23. The molecule has 1 fully saturated rings. The van der Waals surface area contributed by atoms with E-state index >= 15 is 0 Å². The molecule has 1 aromatic carbocycles. The van der Waals surface area contributed by atoms with Crippen LogP contribution in [-0.2, 0) is 0 Å². The van der Waals surface area contributed by atoms with E-state index in [0.717, 1.165) is 32.0 Å². The van der Waals surface area contributed by atoms with Gasteiger partial charge in [0.25, 0.3) is 0 Å². The first-order valence-corrected chi connectivity index (χ1v) is 10.2. The zero-order chi connectivity index (χ0) is 23.5. The molecule has 0 aliphatic carbocycles. The molecule has 1 unspecified atom stereocenters. The van der Waals surface area contributed by atoms with Gasteiger partial charge in [0.1, 0.15) is 0 Å². The summed E-state index contributed by atoms with van der Waals surface area (Å²) in [6.45, 7) is 4.20. The topological polar surface area (TPSA) is 121 Å². The Hall–Kier alpha value is -3.15. The number of anilines is 4. The smallest absolute Gasteiger partial charge is 0.366 e. The molecule has 2 heterocycles. The number of benzene rings is 1. The van der Waals surface area contributed by atoms with Gasteiger partial charge >= 0.3 is 6.18 Å². The second kappa shape index (κ2) is 9.55. The number of nitrogens with zero attached hydrogens (tertiary/aromatic N) is 4. The maximum atomic E-state index is 13.0. The maximum absolute atomic E-state index is 13.0. The highest BCUT2D eigenvalue weighted by Crippen LogP contribution is 2.28. The van der Waals surface area contributed by atoms with Crippen LogP contribution in [0, 0.1) is 12.8 Å². The summed E-state index contributed by atoms with van der Waals surface area (Å²) < 4.78 is 39.1. The number of aromatic nitrogens is 3. The van der Waals surface area contributed by atoms with E-state index in [1.165, 1.54) is 11.9 Å². The first-order chi connectivity index (χ1) is 15.0. The first-order valence-electron chi connectivity index (χ1n) is 10.2. The number of amides is 1. The molecular weight excluding hydrogens is 425 g/mol. The van der Waals surface area contributed by atoms with Gasteiger partial charge in [-0.25, -0.2) is 0 Å². The molecule has 32 heavy (non-hydrogen) atoms. The Kier molecular flexibility index (Phi) is 7.02. The Balaban J connectivity index is 1.91. The highest BCUT2D eigenvalue weighted by atomic mass is 19.4. The number of hydrogen-bond donors (Lipinski definition) is 4. The van der Waals surface area contributed by atoms with Gasteiger partial charge in [0.05, 0.1) is 5.92 Å². The summed E-state index contributed by atoms with van der Waals surface area (Å²) >= 11 is 0. The Labute approximate surface area is 184 Å². The van der Waals surface area contributed by atoms with E-state index in [1.54, 1.807) is 18.2 Å². The van der Waals surface area contributed by atoms with Crippen molar-refractivity contribution in [2.45, 2.75) is 32.5 Å². The first kappa shape index (κ1) is 23.5. The van der Waals surface area contributed by atoms with E-state index in [4.69, 9.17) is 5.73 Å². The van der Waals surface area contributed by atoms with Gasteiger partial charge in [0.15, 0.2) is 0 Å². The summed E-state index contributed by atoms with van der Waals surface area (Å²) in [6.07, 6.45) is -3.46. The largest absolute Gasteiger partial charge is 0.393 e. The Bertz CT molecular complexity index is 962. The number of primary amides is 1. The number of aryl methyl sites for hydroxylation is 1. The lowest BCUT2D eigenvalue weighted by Crippen LogP contribution is -2.34. The summed E-state index contributed by atoms with van der Waals surface area (Å²) in [7, 11) is 1.50. The summed E-state index contributed by atoms with van der Waals surface area (Å²) in [5.41, 5.74) is 7.03. The van der Waals surface area contributed by atoms with Gasteiger partial charge in [-0.1, -0.05) is 13.0 Å². The van der Waals surface area contributed by atoms with Gasteiger partial charge in [-0.05, 0) is 37.6 Å². The van der Waals surface area contributed by atoms with Crippen molar-refractivity contribution in [3.8, 4) is 0 Å². The highest BCUT2D eigenvalue weighted by Gasteiger charge is 2.37. The number of carbonyl (C=O) groups is 1. The molecule has 2 atom stereocenters. The molecule has 5 N–H and O–H groups in total. The van der Waals surface area contributed by atoms with E-state index in [1.807, 2.05) is 6.92 Å². The van der Waals surface area contributed by atoms with Crippen LogP contribution in [0.25, 0.3) is 0 Å². The van der Waals surface area contributed by atoms with Crippen molar-refractivity contribution in [2.75, 3.05) is 42.2 Å². The Morgan fingerprint density at radius 3 is 2.66 bits per heavy atom. The molecule has 12 heteroatoms. The minimum Gasteiger partial charge on any atom is -0.366 e. The van der Waals surface area contributed by atoms with Gasteiger partial charge < -0.3 is 26.6 Å². The molecule has 1 saturated heterocycles. The number of rotatable bonds is 8. The van der Waals surface area contributed by atoms with Gasteiger partial charge in [0, 0.05) is 37.4 Å². The van der Waals surface area contributed by atoms with E-state index in [0.29, 0.717) is 11.3 Å². The summed E-state index contributed by atoms with van der Waals surface area (Å²) in [5.74, 6) is -1.66. The zero-order valence-corrected chi connectivity index (χ0v) is 18.1. The van der Waals surface area contributed by atoms with Crippen LogP contribution in [0.15, 0.2) is 18.2 Å². The second-order valence-electron chi connectivity index (χ2n) is 7.96. The van der Waals surface area contributed by atoms with Crippen molar-refractivity contribution >= 4 is 29.4 Å². The number of hydrogen-bond acceptors (Lipinski definition) is 8. The molecule has 0 radical (unpaired) electrons. The van der Waals surface area contributed by atoms with Crippen molar-refractivity contribution in [1.82, 2.24) is 20.3 Å². The molecule has 0 spiro atoms. The molecule has 9 nitrogen and oxygen atoms in total. The fourth-order valence-electron chi connectivity index (χ4n) is 3.24. The normalized spacial score (nSPS) is 17.1. The number of halogens is 3. The van der Waals surface area contributed by atoms with Crippen LogP contribution in [0.4, 0.5) is 36.7 Å². The molecule has 1 aliphatic rings. The van der Waals surface area contributed by atoms with Crippen molar-refractivity contribution in [3.63, 3.8) is 0 Å². The third-order valence-electron chi connectivity index (χ3n) is 5.23. The lowest BCUT2D eigenvalue weighted by atomic mass is 10.1. The van der Waals surface area contributed by atoms with Gasteiger partial charge in [-0.2, -0.15) is 28.1 Å². The number of nitrogens with two attached hydrogens (primary N) is 1. The van der Waals surface area contributed by atoms with E-state index < -0.39 is 18.0 Å². The summed E-state index contributed by atoms with van der Waals surface area (Å²) in [4.78, 5) is 25.9. The van der Waals surface area contributed by atoms with E-state index in [2.05, 4.69) is 30.9 Å². The molecule has 1 aliphatic heterocycles. The molecule has 1 amide bonds. The van der Waals surface area contributed by atoms with Gasteiger partial charge in [-0.3, -0.25) is 4.79 Å². The van der Waals surface area contributed by atoms with Gasteiger partial charge in [0.2, 0.25) is 23.8 Å². The monoisotopic (exact) mass is 452 g/mol. The van der Waals surface area contributed by atoms with Crippen LogP contribution in [0.3, 0.4) is 0 Å². The quantitative estimate of drug-likeness (QED) is 0.482. The fourth-order valence-corrected chi connectivity index (χ4v) is 3.24. The molecule has 0 bridgehead atoms. The fraction of sp³-hybridized carbons (Fsp3) is 0.500.